The Hall–Kier alpha value is -0.160. The van der Waals surface area contributed by atoms with Crippen LogP contribution >= 0.6 is 0 Å². The van der Waals surface area contributed by atoms with Gasteiger partial charge in [0.25, 0.3) is 0 Å². The first kappa shape index (κ1) is 11.9. The maximum atomic E-state index is 5.81. The Bertz CT molecular complexity index is 158. The van der Waals surface area contributed by atoms with E-state index in [1.54, 1.807) is 7.11 Å². The molecule has 0 aromatic carbocycles. The highest BCUT2D eigenvalue weighted by atomic mass is 16.5. The van der Waals surface area contributed by atoms with Gasteiger partial charge in [0.15, 0.2) is 0 Å². The van der Waals surface area contributed by atoms with Crippen molar-refractivity contribution in [3.63, 3.8) is 0 Å². The maximum absolute atomic E-state index is 5.81. The number of ether oxygens (including phenoxy) is 2. The topological polar surface area (TPSA) is 56.5 Å². The van der Waals surface area contributed by atoms with Gasteiger partial charge in [0.2, 0.25) is 0 Å². The van der Waals surface area contributed by atoms with Crippen LogP contribution in [0.4, 0.5) is 0 Å². The van der Waals surface area contributed by atoms with Gasteiger partial charge in [0.1, 0.15) is 0 Å². The Morgan fingerprint density at radius 3 is 2.64 bits per heavy atom. The van der Waals surface area contributed by atoms with Crippen LogP contribution in [0.15, 0.2) is 0 Å². The van der Waals surface area contributed by atoms with Gasteiger partial charge in [0.05, 0.1) is 6.10 Å². The lowest BCUT2D eigenvalue weighted by Gasteiger charge is -2.37. The number of hydrogen-bond donors (Lipinski definition) is 2. The summed E-state index contributed by atoms with van der Waals surface area (Å²) in [5, 5.41) is 3.51. The van der Waals surface area contributed by atoms with E-state index >= 15 is 0 Å². The van der Waals surface area contributed by atoms with Crippen LogP contribution in [0, 0.1) is 0 Å². The third-order valence-electron chi connectivity index (χ3n) is 3.01. The Morgan fingerprint density at radius 2 is 2.14 bits per heavy atom. The van der Waals surface area contributed by atoms with E-state index in [2.05, 4.69) is 12.2 Å². The first-order valence-corrected chi connectivity index (χ1v) is 5.28. The largest absolute Gasteiger partial charge is 0.381 e. The van der Waals surface area contributed by atoms with Gasteiger partial charge in [-0.2, -0.15) is 0 Å². The molecule has 1 fully saturated rings. The second-order valence-electron chi connectivity index (χ2n) is 4.02. The molecule has 0 saturated carbocycles. The molecule has 14 heavy (non-hydrogen) atoms. The normalized spacial score (nSPS) is 23.4. The van der Waals surface area contributed by atoms with Crippen LogP contribution in [0.2, 0.25) is 0 Å². The predicted octanol–water partition coefficient (Wildman–Crippen LogP) is 0.119. The summed E-state index contributed by atoms with van der Waals surface area (Å²) in [5.41, 5.74) is 5.88. The number of methoxy groups -OCH3 is 1. The van der Waals surface area contributed by atoms with E-state index in [4.69, 9.17) is 15.2 Å². The van der Waals surface area contributed by atoms with E-state index < -0.39 is 0 Å². The van der Waals surface area contributed by atoms with Crippen molar-refractivity contribution in [2.75, 3.05) is 33.4 Å². The van der Waals surface area contributed by atoms with Crippen molar-refractivity contribution in [3.8, 4) is 0 Å². The first-order chi connectivity index (χ1) is 6.72. The molecule has 84 valence electrons. The van der Waals surface area contributed by atoms with Gasteiger partial charge in [-0.1, -0.05) is 0 Å². The van der Waals surface area contributed by atoms with E-state index in [1.165, 1.54) is 0 Å². The second-order valence-corrected chi connectivity index (χ2v) is 4.02. The summed E-state index contributed by atoms with van der Waals surface area (Å²) in [6.07, 6.45) is 2.24. The van der Waals surface area contributed by atoms with Gasteiger partial charge in [0, 0.05) is 39.0 Å². The summed E-state index contributed by atoms with van der Waals surface area (Å²) >= 11 is 0. The zero-order valence-electron chi connectivity index (χ0n) is 9.21. The van der Waals surface area contributed by atoms with Gasteiger partial charge in [-0.25, -0.2) is 0 Å². The summed E-state index contributed by atoms with van der Waals surface area (Å²) in [6, 6.07) is 0. The highest BCUT2D eigenvalue weighted by Gasteiger charge is 2.30. The third-order valence-corrected chi connectivity index (χ3v) is 3.01. The van der Waals surface area contributed by atoms with Crippen LogP contribution in [0.1, 0.15) is 19.8 Å². The molecule has 1 unspecified atom stereocenters. The zero-order valence-corrected chi connectivity index (χ0v) is 9.21. The summed E-state index contributed by atoms with van der Waals surface area (Å²) in [4.78, 5) is 0. The van der Waals surface area contributed by atoms with Crippen molar-refractivity contribution in [1.82, 2.24) is 5.32 Å². The minimum absolute atomic E-state index is 0.0744. The smallest absolute Gasteiger partial charge is 0.0667 e. The van der Waals surface area contributed by atoms with Crippen LogP contribution in [-0.4, -0.2) is 45.1 Å². The molecule has 0 aromatic rings. The number of nitrogens with two attached hydrogens (primary N) is 1. The third kappa shape index (κ3) is 3.20. The van der Waals surface area contributed by atoms with E-state index in [-0.39, 0.29) is 11.6 Å². The van der Waals surface area contributed by atoms with Gasteiger partial charge < -0.3 is 20.5 Å². The molecule has 1 rings (SSSR count). The zero-order chi connectivity index (χ0) is 10.4. The van der Waals surface area contributed by atoms with Gasteiger partial charge in [-0.3, -0.25) is 0 Å². The molecule has 1 saturated heterocycles. The quantitative estimate of drug-likeness (QED) is 0.665. The van der Waals surface area contributed by atoms with Gasteiger partial charge >= 0.3 is 0 Å². The van der Waals surface area contributed by atoms with Crippen LogP contribution in [0.5, 0.6) is 0 Å². The van der Waals surface area contributed by atoms with Gasteiger partial charge in [-0.15, -0.1) is 0 Å². The predicted molar refractivity (Wildman–Crippen MR) is 56.3 cm³/mol. The number of rotatable bonds is 5. The fourth-order valence-corrected chi connectivity index (χ4v) is 1.66. The lowest BCUT2D eigenvalue weighted by molar-refractivity contribution is 0.0320. The molecule has 1 aliphatic rings. The average molecular weight is 202 g/mol. The average Bonchev–Trinajstić information content (AvgIpc) is 2.27. The van der Waals surface area contributed by atoms with Crippen molar-refractivity contribution in [3.05, 3.63) is 0 Å². The van der Waals surface area contributed by atoms with Crippen LogP contribution in [0.3, 0.4) is 0 Å². The highest BCUT2D eigenvalue weighted by Crippen LogP contribution is 2.19. The number of nitrogens with one attached hydrogen (secondary N) is 1. The van der Waals surface area contributed by atoms with E-state index in [0.29, 0.717) is 6.54 Å². The SMILES string of the molecule is COC(C)CNC1(CN)CCOCC1. The van der Waals surface area contributed by atoms with Crippen LogP contribution in [0.25, 0.3) is 0 Å². The molecule has 0 amide bonds. The van der Waals surface area contributed by atoms with Crippen molar-refractivity contribution in [1.29, 1.82) is 0 Å². The van der Waals surface area contributed by atoms with Crippen molar-refractivity contribution in [2.24, 2.45) is 5.73 Å². The molecular weight excluding hydrogens is 180 g/mol. The van der Waals surface area contributed by atoms with Crippen LogP contribution in [-0.2, 0) is 9.47 Å². The molecule has 0 aromatic heterocycles. The van der Waals surface area contributed by atoms with Crippen molar-refractivity contribution >= 4 is 0 Å². The van der Waals surface area contributed by atoms with E-state index in [1.807, 2.05) is 0 Å². The minimum Gasteiger partial charge on any atom is -0.381 e. The summed E-state index contributed by atoms with van der Waals surface area (Å²) < 4.78 is 10.5. The Balaban J connectivity index is 2.36. The Labute approximate surface area is 86.1 Å². The molecule has 4 nitrogen and oxygen atoms in total. The molecule has 0 radical (unpaired) electrons. The van der Waals surface area contributed by atoms with Crippen molar-refractivity contribution < 1.29 is 9.47 Å². The molecule has 0 spiro atoms. The number of hydrogen-bond acceptors (Lipinski definition) is 4. The molecule has 4 heteroatoms. The molecule has 1 heterocycles. The lowest BCUT2D eigenvalue weighted by atomic mass is 9.90. The summed E-state index contributed by atoms with van der Waals surface area (Å²) in [5.74, 6) is 0. The van der Waals surface area contributed by atoms with Crippen molar-refractivity contribution in [2.45, 2.75) is 31.4 Å². The molecule has 1 atom stereocenters. The molecular formula is C10H22N2O2. The molecule has 0 aliphatic carbocycles. The first-order valence-electron chi connectivity index (χ1n) is 5.28. The van der Waals surface area contributed by atoms with E-state index in [9.17, 15) is 0 Å². The fourth-order valence-electron chi connectivity index (χ4n) is 1.66. The summed E-state index contributed by atoms with van der Waals surface area (Å²) in [7, 11) is 1.73. The minimum atomic E-state index is 0.0744. The highest BCUT2D eigenvalue weighted by molar-refractivity contribution is 4.91. The lowest BCUT2D eigenvalue weighted by Crippen LogP contribution is -2.56. The summed E-state index contributed by atoms with van der Waals surface area (Å²) in [6.45, 7) is 5.20. The van der Waals surface area contributed by atoms with Crippen LogP contribution < -0.4 is 11.1 Å². The Kier molecular flexibility index (Phi) is 4.81. The second kappa shape index (κ2) is 5.66. The maximum Gasteiger partial charge on any atom is 0.0667 e. The van der Waals surface area contributed by atoms with E-state index in [0.717, 1.165) is 32.6 Å². The van der Waals surface area contributed by atoms with Gasteiger partial charge in [-0.05, 0) is 19.8 Å². The molecule has 3 N–H and O–H groups in total. The Morgan fingerprint density at radius 1 is 1.50 bits per heavy atom. The molecule has 1 aliphatic heterocycles. The fraction of sp³-hybridized carbons (Fsp3) is 1.00. The standard InChI is InChI=1S/C10H22N2O2/c1-9(13-2)7-12-10(8-11)3-5-14-6-4-10/h9,12H,3-8,11H2,1-2H3. The monoisotopic (exact) mass is 202 g/mol. The molecule has 0 bridgehead atoms.